The highest BCUT2D eigenvalue weighted by Gasteiger charge is 2.39. The quantitative estimate of drug-likeness (QED) is 0.696. The van der Waals surface area contributed by atoms with Crippen LogP contribution in [0.15, 0.2) is 30.3 Å². The molecule has 0 saturated carbocycles. The van der Waals surface area contributed by atoms with Gasteiger partial charge in [0.2, 0.25) is 5.91 Å². The summed E-state index contributed by atoms with van der Waals surface area (Å²) in [6.07, 6.45) is 4.11. The molecule has 0 aliphatic carbocycles. The van der Waals surface area contributed by atoms with E-state index in [1.807, 2.05) is 18.2 Å². The lowest BCUT2D eigenvalue weighted by molar-refractivity contribution is -0.124. The van der Waals surface area contributed by atoms with E-state index < -0.39 is 5.41 Å². The molecule has 0 spiro atoms. The van der Waals surface area contributed by atoms with Gasteiger partial charge in [-0.1, -0.05) is 30.3 Å². The molecule has 4 nitrogen and oxygen atoms in total. The number of carbonyl (C=O) groups is 1. The van der Waals surface area contributed by atoms with Crippen LogP contribution in [-0.2, 0) is 10.2 Å². The third-order valence-electron chi connectivity index (χ3n) is 5.97. The number of nitrogens with zero attached hydrogens (tertiary/aromatic N) is 2. The first kappa shape index (κ1) is 20.9. The van der Waals surface area contributed by atoms with Crippen molar-refractivity contribution in [2.24, 2.45) is 5.73 Å². The van der Waals surface area contributed by atoms with Crippen LogP contribution in [0.1, 0.15) is 58.9 Å². The van der Waals surface area contributed by atoms with E-state index in [1.54, 1.807) is 0 Å². The molecule has 1 aromatic rings. The third-order valence-corrected chi connectivity index (χ3v) is 5.97. The van der Waals surface area contributed by atoms with Gasteiger partial charge in [0.15, 0.2) is 0 Å². The molecule has 1 fully saturated rings. The van der Waals surface area contributed by atoms with Crippen molar-refractivity contribution in [2.75, 3.05) is 26.2 Å². The lowest BCUT2D eigenvalue weighted by atomic mass is 9.73. The number of carbonyl (C=O) groups excluding carboxylic acids is 1. The highest BCUT2D eigenvalue weighted by molar-refractivity contribution is 5.86. The van der Waals surface area contributed by atoms with Crippen molar-refractivity contribution < 1.29 is 4.79 Å². The van der Waals surface area contributed by atoms with E-state index >= 15 is 0 Å². The van der Waals surface area contributed by atoms with Crippen molar-refractivity contribution in [3.05, 3.63) is 35.9 Å². The SMILES string of the molecule is CC(C)N(CCC(CCN1CCCC1)(C(N)=O)c1ccccc1)C(C)C. The summed E-state index contributed by atoms with van der Waals surface area (Å²) in [6, 6.07) is 11.1. The van der Waals surface area contributed by atoms with Crippen molar-refractivity contribution in [3.8, 4) is 0 Å². The molecule has 1 atom stereocenters. The second kappa shape index (κ2) is 9.52. The summed E-state index contributed by atoms with van der Waals surface area (Å²) in [5.74, 6) is -0.185. The number of nitrogens with two attached hydrogens (primary N) is 1. The minimum Gasteiger partial charge on any atom is -0.369 e. The fourth-order valence-corrected chi connectivity index (χ4v) is 4.35. The zero-order chi connectivity index (χ0) is 19.2. The highest BCUT2D eigenvalue weighted by Crippen LogP contribution is 2.33. The number of benzene rings is 1. The Morgan fingerprint density at radius 1 is 1.08 bits per heavy atom. The zero-order valence-electron chi connectivity index (χ0n) is 17.1. The van der Waals surface area contributed by atoms with E-state index in [-0.39, 0.29) is 5.91 Å². The summed E-state index contributed by atoms with van der Waals surface area (Å²) in [6.45, 7) is 13.0. The molecule has 0 aromatic heterocycles. The van der Waals surface area contributed by atoms with Gasteiger partial charge in [0.25, 0.3) is 0 Å². The Kier molecular flexibility index (Phi) is 7.66. The average molecular weight is 360 g/mol. The topological polar surface area (TPSA) is 49.6 Å². The van der Waals surface area contributed by atoms with E-state index in [0.29, 0.717) is 12.1 Å². The maximum absolute atomic E-state index is 12.8. The Balaban J connectivity index is 2.24. The predicted molar refractivity (Wildman–Crippen MR) is 109 cm³/mol. The van der Waals surface area contributed by atoms with Gasteiger partial charge in [-0.05, 0) is 78.6 Å². The molecule has 0 radical (unpaired) electrons. The molecule has 0 bridgehead atoms. The number of hydrogen-bond donors (Lipinski definition) is 1. The first-order chi connectivity index (χ1) is 12.4. The van der Waals surface area contributed by atoms with E-state index in [4.69, 9.17) is 5.73 Å². The first-order valence-corrected chi connectivity index (χ1v) is 10.2. The van der Waals surface area contributed by atoms with Crippen LogP contribution in [0.4, 0.5) is 0 Å². The molecule has 146 valence electrons. The predicted octanol–water partition coefficient (Wildman–Crippen LogP) is 3.40. The minimum absolute atomic E-state index is 0.185. The van der Waals surface area contributed by atoms with E-state index in [0.717, 1.165) is 44.6 Å². The Morgan fingerprint density at radius 2 is 1.65 bits per heavy atom. The summed E-state index contributed by atoms with van der Waals surface area (Å²) in [5.41, 5.74) is 6.53. The largest absolute Gasteiger partial charge is 0.369 e. The van der Waals surface area contributed by atoms with Crippen LogP contribution >= 0.6 is 0 Å². The van der Waals surface area contributed by atoms with Gasteiger partial charge >= 0.3 is 0 Å². The molecule has 1 heterocycles. The molecule has 1 unspecified atom stereocenters. The average Bonchev–Trinajstić information content (AvgIpc) is 3.11. The zero-order valence-corrected chi connectivity index (χ0v) is 17.1. The van der Waals surface area contributed by atoms with Gasteiger partial charge in [-0.25, -0.2) is 0 Å². The maximum Gasteiger partial charge on any atom is 0.228 e. The second-order valence-corrected chi connectivity index (χ2v) is 8.29. The van der Waals surface area contributed by atoms with Crippen LogP contribution in [0.3, 0.4) is 0 Å². The van der Waals surface area contributed by atoms with E-state index in [1.165, 1.54) is 12.8 Å². The molecular weight excluding hydrogens is 322 g/mol. The van der Waals surface area contributed by atoms with Crippen LogP contribution in [0.25, 0.3) is 0 Å². The van der Waals surface area contributed by atoms with E-state index in [9.17, 15) is 4.79 Å². The van der Waals surface area contributed by atoms with Gasteiger partial charge in [0.05, 0.1) is 5.41 Å². The van der Waals surface area contributed by atoms with Crippen LogP contribution < -0.4 is 5.73 Å². The summed E-state index contributed by atoms with van der Waals surface area (Å²) in [4.78, 5) is 17.7. The summed E-state index contributed by atoms with van der Waals surface area (Å²) >= 11 is 0. The van der Waals surface area contributed by atoms with Crippen molar-refractivity contribution in [1.29, 1.82) is 0 Å². The standard InChI is InChI=1S/C22H37N3O/c1-18(2)25(19(3)4)17-13-22(21(23)26,20-10-6-5-7-11-20)12-16-24-14-8-9-15-24/h5-7,10-11,18-19H,8-9,12-17H2,1-4H3,(H2,23,26). The second-order valence-electron chi connectivity index (χ2n) is 8.29. The van der Waals surface area contributed by atoms with Gasteiger partial charge in [-0.3, -0.25) is 9.69 Å². The Hall–Kier alpha value is -1.39. The van der Waals surface area contributed by atoms with Crippen LogP contribution in [0.2, 0.25) is 0 Å². The molecule has 1 saturated heterocycles. The van der Waals surface area contributed by atoms with Crippen molar-refractivity contribution >= 4 is 5.91 Å². The third kappa shape index (κ3) is 5.08. The lowest BCUT2D eigenvalue weighted by Gasteiger charge is -2.37. The normalized spacial score (nSPS) is 18.0. The first-order valence-electron chi connectivity index (χ1n) is 10.2. The Bertz CT molecular complexity index is 544. The van der Waals surface area contributed by atoms with Crippen LogP contribution in [0, 0.1) is 0 Å². The molecule has 1 aromatic carbocycles. The van der Waals surface area contributed by atoms with Crippen molar-refractivity contribution in [3.63, 3.8) is 0 Å². The van der Waals surface area contributed by atoms with E-state index in [2.05, 4.69) is 49.6 Å². The summed E-state index contributed by atoms with van der Waals surface area (Å²) < 4.78 is 0. The monoisotopic (exact) mass is 359 g/mol. The lowest BCUT2D eigenvalue weighted by Crippen LogP contribution is -2.47. The molecule has 2 rings (SSSR count). The molecule has 1 aliphatic heterocycles. The number of primary amides is 1. The Labute approximate surface area is 159 Å². The fourth-order valence-electron chi connectivity index (χ4n) is 4.35. The fraction of sp³-hybridized carbons (Fsp3) is 0.682. The van der Waals surface area contributed by atoms with Crippen LogP contribution in [-0.4, -0.2) is 54.0 Å². The Morgan fingerprint density at radius 3 is 2.15 bits per heavy atom. The highest BCUT2D eigenvalue weighted by atomic mass is 16.1. The molecule has 1 aliphatic rings. The van der Waals surface area contributed by atoms with Crippen LogP contribution in [0.5, 0.6) is 0 Å². The van der Waals surface area contributed by atoms with Crippen molar-refractivity contribution in [1.82, 2.24) is 9.80 Å². The number of rotatable bonds is 10. The van der Waals surface area contributed by atoms with Gasteiger partial charge in [0.1, 0.15) is 0 Å². The molecule has 26 heavy (non-hydrogen) atoms. The van der Waals surface area contributed by atoms with Gasteiger partial charge in [-0.15, -0.1) is 0 Å². The summed E-state index contributed by atoms with van der Waals surface area (Å²) in [5, 5.41) is 0. The summed E-state index contributed by atoms with van der Waals surface area (Å²) in [7, 11) is 0. The maximum atomic E-state index is 12.8. The van der Waals surface area contributed by atoms with Crippen molar-refractivity contribution in [2.45, 2.75) is 70.9 Å². The smallest absolute Gasteiger partial charge is 0.228 e. The molecule has 2 N–H and O–H groups in total. The number of likely N-dealkylation sites (tertiary alicyclic amines) is 1. The molecule has 4 heteroatoms. The molecule has 1 amide bonds. The number of hydrogen-bond acceptors (Lipinski definition) is 3. The molecular formula is C22H37N3O. The van der Waals surface area contributed by atoms with Gasteiger partial charge in [-0.2, -0.15) is 0 Å². The number of amides is 1. The minimum atomic E-state index is -0.591. The van der Waals surface area contributed by atoms with Gasteiger partial charge < -0.3 is 10.6 Å². The van der Waals surface area contributed by atoms with Gasteiger partial charge in [0, 0.05) is 18.6 Å².